The van der Waals surface area contributed by atoms with E-state index in [1.54, 1.807) is 18.2 Å². The number of hydrogen-bond acceptors (Lipinski definition) is 8. The van der Waals surface area contributed by atoms with Crippen molar-refractivity contribution in [3.63, 3.8) is 0 Å². The zero-order chi connectivity index (χ0) is 28.7. The second-order valence-electron chi connectivity index (χ2n) is 8.12. The number of alkyl halides is 3. The molecule has 2 aromatic rings. The number of carbonyl (C=O) groups excluding carboxylic acids is 2. The third-order valence-electron chi connectivity index (χ3n) is 5.13. The Morgan fingerprint density at radius 1 is 1.11 bits per heavy atom. The molecule has 0 aliphatic rings. The van der Waals surface area contributed by atoms with E-state index in [9.17, 15) is 36.0 Å². The summed E-state index contributed by atoms with van der Waals surface area (Å²) in [5.74, 6) is -5.00. The van der Waals surface area contributed by atoms with Crippen molar-refractivity contribution in [3.8, 4) is 0 Å². The first-order valence-corrected chi connectivity index (χ1v) is 12.3. The predicted molar refractivity (Wildman–Crippen MR) is 128 cm³/mol. The molecule has 1 atom stereocenters. The average molecular weight is 563 g/mol. The third kappa shape index (κ3) is 7.94. The van der Waals surface area contributed by atoms with Gasteiger partial charge in [0.1, 0.15) is 5.69 Å². The van der Waals surface area contributed by atoms with E-state index in [0.29, 0.717) is 5.56 Å². The summed E-state index contributed by atoms with van der Waals surface area (Å²) in [5.41, 5.74) is 8.24. The fraction of sp³-hybridized carbons (Fsp3) is 0.333. The number of nitrogens with zero attached hydrogens (tertiary/aromatic N) is 1. The number of benzene rings is 1. The molecule has 1 aromatic heterocycles. The minimum Gasteiger partial charge on any atom is -0.369 e. The maximum atomic E-state index is 13.1. The van der Waals surface area contributed by atoms with Gasteiger partial charge in [-0.3, -0.25) is 24.6 Å². The second kappa shape index (κ2) is 12.0. The summed E-state index contributed by atoms with van der Waals surface area (Å²) < 4.78 is 65.9. The number of halogens is 3. The number of carbonyl (C=O) groups is 2. The SMILES string of the molecule is CC(CCCONC(=N)N)(C(N)=O)c1ccc(NS(=O)(=O)Cc2ccccc2)c(=O)n1OC(=O)C(F)(F)F. The van der Waals surface area contributed by atoms with Crippen molar-refractivity contribution < 1.29 is 40.9 Å². The molecule has 2 rings (SSSR count). The van der Waals surface area contributed by atoms with Crippen LogP contribution >= 0.6 is 0 Å². The first-order chi connectivity index (χ1) is 17.6. The molecule has 0 saturated carbocycles. The number of hydroxylamine groups is 1. The van der Waals surface area contributed by atoms with Crippen molar-refractivity contribution in [1.29, 1.82) is 5.41 Å². The molecule has 13 nitrogen and oxygen atoms in total. The van der Waals surface area contributed by atoms with Gasteiger partial charge in [-0.15, -0.1) is 4.73 Å². The van der Waals surface area contributed by atoms with E-state index in [4.69, 9.17) is 21.7 Å². The van der Waals surface area contributed by atoms with Crippen LogP contribution in [-0.4, -0.2) is 43.8 Å². The molecule has 0 spiro atoms. The molecule has 0 fully saturated rings. The summed E-state index contributed by atoms with van der Waals surface area (Å²) in [6.07, 6.45) is -5.76. The minimum atomic E-state index is -5.53. The van der Waals surface area contributed by atoms with Crippen LogP contribution in [0.3, 0.4) is 0 Å². The first kappa shape index (κ1) is 30.1. The highest BCUT2D eigenvalue weighted by atomic mass is 32.2. The van der Waals surface area contributed by atoms with Gasteiger partial charge in [0.2, 0.25) is 21.9 Å². The molecule has 0 saturated heterocycles. The Morgan fingerprint density at radius 3 is 2.29 bits per heavy atom. The molecule has 0 aliphatic heterocycles. The highest BCUT2D eigenvalue weighted by molar-refractivity contribution is 7.91. The van der Waals surface area contributed by atoms with Crippen LogP contribution in [0.1, 0.15) is 31.0 Å². The number of anilines is 1. The van der Waals surface area contributed by atoms with Gasteiger partial charge >= 0.3 is 17.7 Å². The highest BCUT2D eigenvalue weighted by Crippen LogP contribution is 2.29. The minimum absolute atomic E-state index is 0.00653. The molecule has 0 radical (unpaired) electrons. The summed E-state index contributed by atoms with van der Waals surface area (Å²) in [5, 5.41) is 7.01. The summed E-state index contributed by atoms with van der Waals surface area (Å²) in [6, 6.07) is 9.65. The van der Waals surface area contributed by atoms with Crippen molar-refractivity contribution in [2.24, 2.45) is 11.5 Å². The van der Waals surface area contributed by atoms with Gasteiger partial charge in [-0.05, 0) is 37.5 Å². The van der Waals surface area contributed by atoms with Gasteiger partial charge < -0.3 is 16.3 Å². The molecule has 38 heavy (non-hydrogen) atoms. The van der Waals surface area contributed by atoms with E-state index in [2.05, 4.69) is 4.84 Å². The highest BCUT2D eigenvalue weighted by Gasteiger charge is 2.44. The Labute approximate surface area is 214 Å². The van der Waals surface area contributed by atoms with Gasteiger partial charge in [0.15, 0.2) is 0 Å². The smallest absolute Gasteiger partial charge is 0.369 e. The van der Waals surface area contributed by atoms with E-state index in [-0.39, 0.29) is 24.2 Å². The second-order valence-corrected chi connectivity index (χ2v) is 9.84. The fourth-order valence-electron chi connectivity index (χ4n) is 3.23. The van der Waals surface area contributed by atoms with Crippen LogP contribution in [0.15, 0.2) is 47.3 Å². The fourth-order valence-corrected chi connectivity index (χ4v) is 4.43. The van der Waals surface area contributed by atoms with Crippen LogP contribution in [0.5, 0.6) is 0 Å². The Morgan fingerprint density at radius 2 is 1.74 bits per heavy atom. The van der Waals surface area contributed by atoms with Crippen LogP contribution < -0.4 is 32.1 Å². The number of rotatable bonds is 12. The zero-order valence-corrected chi connectivity index (χ0v) is 20.7. The van der Waals surface area contributed by atoms with Gasteiger partial charge in [0.25, 0.3) is 0 Å². The predicted octanol–water partition coefficient (Wildman–Crippen LogP) is 0.246. The number of aromatic nitrogens is 1. The number of sulfonamides is 1. The van der Waals surface area contributed by atoms with Crippen LogP contribution in [-0.2, 0) is 35.6 Å². The summed E-state index contributed by atoms with van der Waals surface area (Å²) in [4.78, 5) is 46.2. The molecule has 1 unspecified atom stereocenters. The first-order valence-electron chi connectivity index (χ1n) is 10.7. The van der Waals surface area contributed by atoms with Crippen LogP contribution in [0.4, 0.5) is 18.9 Å². The molecule has 1 heterocycles. The van der Waals surface area contributed by atoms with Crippen molar-refractivity contribution in [1.82, 2.24) is 10.2 Å². The molecule has 1 amide bonds. The molecular formula is C21H25F3N6O7S. The topological polar surface area (TPSA) is 209 Å². The maximum absolute atomic E-state index is 13.1. The maximum Gasteiger partial charge on any atom is 0.493 e. The van der Waals surface area contributed by atoms with Gasteiger partial charge in [-0.1, -0.05) is 30.3 Å². The summed E-state index contributed by atoms with van der Waals surface area (Å²) in [6.45, 7) is 1.03. The summed E-state index contributed by atoms with van der Waals surface area (Å²) in [7, 11) is -4.24. The number of hydrogen-bond donors (Lipinski definition) is 5. The molecule has 0 aliphatic carbocycles. The zero-order valence-electron chi connectivity index (χ0n) is 19.9. The monoisotopic (exact) mass is 562 g/mol. The molecule has 0 bridgehead atoms. The Bertz CT molecular complexity index is 1350. The number of nitrogens with one attached hydrogen (secondary N) is 3. The van der Waals surface area contributed by atoms with Gasteiger partial charge in [0, 0.05) is 0 Å². The van der Waals surface area contributed by atoms with Gasteiger partial charge in [0.05, 0.1) is 23.5 Å². The Balaban J connectivity index is 2.50. The Kier molecular flexibility index (Phi) is 9.47. The quantitative estimate of drug-likeness (QED) is 0.104. The Hall–Kier alpha value is -4.12. The van der Waals surface area contributed by atoms with Crippen LogP contribution in [0, 0.1) is 5.41 Å². The third-order valence-corrected chi connectivity index (χ3v) is 6.37. The normalized spacial score (nSPS) is 13.3. The number of primary amides is 1. The van der Waals surface area contributed by atoms with Crippen molar-refractivity contribution in [2.75, 3.05) is 11.3 Å². The van der Waals surface area contributed by atoms with Crippen molar-refractivity contribution in [2.45, 2.75) is 37.1 Å². The van der Waals surface area contributed by atoms with Crippen molar-refractivity contribution in [3.05, 3.63) is 64.1 Å². The average Bonchev–Trinajstić information content (AvgIpc) is 2.80. The lowest BCUT2D eigenvalue weighted by atomic mass is 9.81. The van der Waals surface area contributed by atoms with E-state index in [1.807, 2.05) is 10.2 Å². The lowest BCUT2D eigenvalue weighted by Crippen LogP contribution is -2.47. The largest absolute Gasteiger partial charge is 0.493 e. The number of guanidine groups is 1. The molecule has 7 N–H and O–H groups in total. The standard InChI is InChI=1S/C21H25F3N6O7S/c1-20(17(25)32,10-5-11-36-28-19(26)27)15-9-8-14(16(31)30(15)37-18(33)21(22,23)24)29-38(34,35)12-13-6-3-2-4-7-13/h2-4,6-9,29H,5,10-12H2,1H3,(H2,25,32)(H4,26,27,28). The molecule has 1 aromatic carbocycles. The molecular weight excluding hydrogens is 537 g/mol. The van der Waals surface area contributed by atoms with Crippen LogP contribution in [0.2, 0.25) is 0 Å². The lowest BCUT2D eigenvalue weighted by Gasteiger charge is -2.29. The lowest BCUT2D eigenvalue weighted by molar-refractivity contribution is -0.200. The number of pyridine rings is 1. The van der Waals surface area contributed by atoms with E-state index in [0.717, 1.165) is 12.1 Å². The van der Waals surface area contributed by atoms with E-state index < -0.39 is 62.1 Å². The summed E-state index contributed by atoms with van der Waals surface area (Å²) >= 11 is 0. The molecule has 17 heteroatoms. The van der Waals surface area contributed by atoms with E-state index in [1.165, 1.54) is 19.1 Å². The van der Waals surface area contributed by atoms with Gasteiger partial charge in [-0.25, -0.2) is 18.7 Å². The number of amides is 1. The van der Waals surface area contributed by atoms with Crippen LogP contribution in [0.25, 0.3) is 0 Å². The van der Waals surface area contributed by atoms with Crippen molar-refractivity contribution >= 4 is 33.5 Å². The van der Waals surface area contributed by atoms with E-state index >= 15 is 0 Å². The molecule has 208 valence electrons. The van der Waals surface area contributed by atoms with Gasteiger partial charge in [-0.2, -0.15) is 13.2 Å². The number of nitrogens with two attached hydrogens (primary N) is 2.